The minimum Gasteiger partial charge on any atom is -0.381 e. The summed E-state index contributed by atoms with van der Waals surface area (Å²) in [6, 6.07) is 3.49. The Morgan fingerprint density at radius 3 is 2.88 bits per heavy atom. The number of nitrogens with two attached hydrogens (primary N) is 1. The Kier molecular flexibility index (Phi) is 3.71. The van der Waals surface area contributed by atoms with Crippen LogP contribution in [-0.4, -0.2) is 36.2 Å². The van der Waals surface area contributed by atoms with Gasteiger partial charge in [-0.1, -0.05) is 0 Å². The molecule has 2 heterocycles. The molecule has 0 spiro atoms. The zero-order chi connectivity index (χ0) is 12.1. The summed E-state index contributed by atoms with van der Waals surface area (Å²) >= 11 is 0. The lowest BCUT2D eigenvalue weighted by Gasteiger charge is -2.36. The lowest BCUT2D eigenvalue weighted by molar-refractivity contribution is 0.0388. The van der Waals surface area contributed by atoms with Gasteiger partial charge < -0.3 is 15.8 Å². The molecule has 1 aliphatic heterocycles. The van der Waals surface area contributed by atoms with Gasteiger partial charge in [0.05, 0.1) is 11.1 Å². The van der Waals surface area contributed by atoms with Gasteiger partial charge >= 0.3 is 0 Å². The molecule has 1 aromatic rings. The van der Waals surface area contributed by atoms with E-state index in [1.165, 1.54) is 0 Å². The second-order valence-corrected chi connectivity index (χ2v) is 4.29. The Hall–Kier alpha value is -1.46. The van der Waals surface area contributed by atoms with Crippen LogP contribution in [0.4, 0.5) is 0 Å². The summed E-state index contributed by atoms with van der Waals surface area (Å²) in [6.45, 7) is 1.72. The molecule has 0 atom stereocenters. The Bertz CT molecular complexity index is 375. The third-order valence-corrected chi connectivity index (χ3v) is 3.14. The van der Waals surface area contributed by atoms with Gasteiger partial charge in [0.25, 0.3) is 5.91 Å². The van der Waals surface area contributed by atoms with Crippen molar-refractivity contribution in [2.24, 2.45) is 5.73 Å². The summed E-state index contributed by atoms with van der Waals surface area (Å²) in [5, 5.41) is 3.01. The summed E-state index contributed by atoms with van der Waals surface area (Å²) in [5.41, 5.74) is 6.01. The van der Waals surface area contributed by atoms with Crippen LogP contribution >= 0.6 is 0 Å². The van der Waals surface area contributed by atoms with E-state index < -0.39 is 0 Å². The van der Waals surface area contributed by atoms with Gasteiger partial charge in [-0.3, -0.25) is 9.78 Å². The first-order valence-electron chi connectivity index (χ1n) is 5.76. The number of aromatic nitrogens is 1. The maximum Gasteiger partial charge on any atom is 0.253 e. The Morgan fingerprint density at radius 1 is 1.53 bits per heavy atom. The smallest absolute Gasteiger partial charge is 0.253 e. The molecule has 0 aromatic carbocycles. The third-order valence-electron chi connectivity index (χ3n) is 3.14. The molecule has 2 rings (SSSR count). The van der Waals surface area contributed by atoms with Gasteiger partial charge in [-0.25, -0.2) is 0 Å². The number of nitrogens with zero attached hydrogens (tertiary/aromatic N) is 1. The number of hydrogen-bond acceptors (Lipinski definition) is 4. The molecule has 1 fully saturated rings. The largest absolute Gasteiger partial charge is 0.381 e. The normalized spacial score (nSPS) is 18.6. The molecule has 3 N–H and O–H groups in total. The van der Waals surface area contributed by atoms with Gasteiger partial charge in [0.1, 0.15) is 0 Å². The van der Waals surface area contributed by atoms with Crippen molar-refractivity contribution in [2.75, 3.05) is 19.8 Å². The van der Waals surface area contributed by atoms with Crippen LogP contribution in [0.3, 0.4) is 0 Å². The molecule has 0 aliphatic carbocycles. The minimum absolute atomic E-state index is 0.120. The molecule has 0 unspecified atom stereocenters. The average molecular weight is 235 g/mol. The zero-order valence-corrected chi connectivity index (χ0v) is 9.69. The second kappa shape index (κ2) is 5.25. The summed E-state index contributed by atoms with van der Waals surface area (Å²) in [7, 11) is 0. The maximum atomic E-state index is 12.0. The van der Waals surface area contributed by atoms with Gasteiger partial charge in [0, 0.05) is 32.2 Å². The minimum atomic E-state index is -0.328. The number of ether oxygens (including phenoxy) is 1. The average Bonchev–Trinajstić information content (AvgIpc) is 2.41. The number of amides is 1. The van der Waals surface area contributed by atoms with Crippen molar-refractivity contribution in [3.05, 3.63) is 30.1 Å². The number of carbonyl (C=O) groups is 1. The van der Waals surface area contributed by atoms with E-state index in [0.717, 1.165) is 12.8 Å². The van der Waals surface area contributed by atoms with Crippen molar-refractivity contribution in [3.63, 3.8) is 0 Å². The van der Waals surface area contributed by atoms with Crippen molar-refractivity contribution in [3.8, 4) is 0 Å². The lowest BCUT2D eigenvalue weighted by Crippen LogP contribution is -2.56. The fourth-order valence-electron chi connectivity index (χ4n) is 1.95. The number of nitrogens with one attached hydrogen (secondary N) is 1. The molecule has 92 valence electrons. The quantitative estimate of drug-likeness (QED) is 0.791. The topological polar surface area (TPSA) is 77.2 Å². The highest BCUT2D eigenvalue weighted by Gasteiger charge is 2.32. The van der Waals surface area contributed by atoms with E-state index in [9.17, 15) is 4.79 Å². The van der Waals surface area contributed by atoms with Crippen molar-refractivity contribution in [1.29, 1.82) is 0 Å². The van der Waals surface area contributed by atoms with Gasteiger partial charge in [-0.05, 0) is 25.0 Å². The van der Waals surface area contributed by atoms with E-state index >= 15 is 0 Å². The molecule has 1 aliphatic rings. The molecular weight excluding hydrogens is 218 g/mol. The molecule has 0 bridgehead atoms. The highest BCUT2D eigenvalue weighted by Crippen LogP contribution is 2.19. The van der Waals surface area contributed by atoms with Crippen LogP contribution in [0.2, 0.25) is 0 Å². The molecule has 0 saturated carbocycles. The number of rotatable bonds is 3. The zero-order valence-electron chi connectivity index (χ0n) is 9.69. The predicted molar refractivity (Wildman–Crippen MR) is 63.5 cm³/mol. The summed E-state index contributed by atoms with van der Waals surface area (Å²) in [5.74, 6) is -0.120. The van der Waals surface area contributed by atoms with E-state index in [1.54, 1.807) is 24.5 Å². The highest BCUT2D eigenvalue weighted by atomic mass is 16.5. The Labute approximate surface area is 100 Å². The monoisotopic (exact) mass is 235 g/mol. The molecule has 17 heavy (non-hydrogen) atoms. The van der Waals surface area contributed by atoms with Crippen LogP contribution in [0, 0.1) is 0 Å². The maximum absolute atomic E-state index is 12.0. The van der Waals surface area contributed by atoms with E-state index in [0.29, 0.717) is 25.3 Å². The SMILES string of the molecule is NCC1(NC(=O)c2cccnc2)CCOCC1. The molecule has 1 saturated heterocycles. The van der Waals surface area contributed by atoms with Gasteiger partial charge in [0.2, 0.25) is 0 Å². The van der Waals surface area contributed by atoms with Crippen LogP contribution in [0.15, 0.2) is 24.5 Å². The fourth-order valence-corrected chi connectivity index (χ4v) is 1.95. The molecule has 0 radical (unpaired) electrons. The van der Waals surface area contributed by atoms with Gasteiger partial charge in [0.15, 0.2) is 0 Å². The predicted octanol–water partition coefficient (Wildman–Crippen LogP) is 0.319. The van der Waals surface area contributed by atoms with Crippen LogP contribution in [0.1, 0.15) is 23.2 Å². The molecular formula is C12H17N3O2. The first-order chi connectivity index (χ1) is 8.26. The van der Waals surface area contributed by atoms with Crippen LogP contribution in [0.25, 0.3) is 0 Å². The Balaban J connectivity index is 2.06. The first-order valence-corrected chi connectivity index (χ1v) is 5.76. The van der Waals surface area contributed by atoms with Crippen LogP contribution in [-0.2, 0) is 4.74 Å². The van der Waals surface area contributed by atoms with Crippen molar-refractivity contribution < 1.29 is 9.53 Å². The van der Waals surface area contributed by atoms with Gasteiger partial charge in [-0.2, -0.15) is 0 Å². The second-order valence-electron chi connectivity index (χ2n) is 4.29. The number of carbonyl (C=O) groups excluding carboxylic acids is 1. The van der Waals surface area contributed by atoms with Crippen LogP contribution < -0.4 is 11.1 Å². The van der Waals surface area contributed by atoms with E-state index in [1.807, 2.05) is 0 Å². The van der Waals surface area contributed by atoms with E-state index in [-0.39, 0.29) is 11.4 Å². The van der Waals surface area contributed by atoms with E-state index in [2.05, 4.69) is 10.3 Å². The molecule has 1 amide bonds. The number of hydrogen-bond donors (Lipinski definition) is 2. The van der Waals surface area contributed by atoms with E-state index in [4.69, 9.17) is 10.5 Å². The third kappa shape index (κ3) is 2.81. The Morgan fingerprint density at radius 2 is 2.29 bits per heavy atom. The van der Waals surface area contributed by atoms with Crippen molar-refractivity contribution in [2.45, 2.75) is 18.4 Å². The summed E-state index contributed by atoms with van der Waals surface area (Å²) < 4.78 is 5.29. The number of pyridine rings is 1. The lowest BCUT2D eigenvalue weighted by atomic mass is 9.90. The standard InChI is InChI=1S/C12H17N3O2/c13-9-12(3-6-17-7-4-12)15-11(16)10-2-1-5-14-8-10/h1-2,5,8H,3-4,6-7,9,13H2,(H,15,16). The summed E-state index contributed by atoms with van der Waals surface area (Å²) in [4.78, 5) is 16.0. The van der Waals surface area contributed by atoms with Gasteiger partial charge in [-0.15, -0.1) is 0 Å². The van der Waals surface area contributed by atoms with Crippen molar-refractivity contribution in [1.82, 2.24) is 10.3 Å². The molecule has 5 nitrogen and oxygen atoms in total. The van der Waals surface area contributed by atoms with Crippen LogP contribution in [0.5, 0.6) is 0 Å². The van der Waals surface area contributed by atoms with Crippen molar-refractivity contribution >= 4 is 5.91 Å². The molecule has 5 heteroatoms. The summed E-state index contributed by atoms with van der Waals surface area (Å²) in [6.07, 6.45) is 4.72. The highest BCUT2D eigenvalue weighted by molar-refractivity contribution is 5.94. The fraction of sp³-hybridized carbons (Fsp3) is 0.500. The molecule has 1 aromatic heterocycles. The first kappa shape index (κ1) is 12.0.